The number of hydrogen-bond acceptors (Lipinski definition) is 6. The van der Waals surface area contributed by atoms with E-state index < -0.39 is 23.7 Å². The van der Waals surface area contributed by atoms with Crippen molar-refractivity contribution in [2.75, 3.05) is 26.8 Å². The first-order valence-corrected chi connectivity index (χ1v) is 14.5. The molecule has 2 fully saturated rings. The van der Waals surface area contributed by atoms with Gasteiger partial charge >= 0.3 is 6.09 Å². The molecule has 2 aromatic carbocycles. The van der Waals surface area contributed by atoms with Gasteiger partial charge in [0.1, 0.15) is 12.6 Å². The fraction of sp³-hybridized carbons (Fsp3) is 0.562. The summed E-state index contributed by atoms with van der Waals surface area (Å²) >= 11 is 0. The lowest BCUT2D eigenvalue weighted by atomic mass is 9.72. The molecule has 1 aliphatic carbocycles. The van der Waals surface area contributed by atoms with Gasteiger partial charge in [-0.3, -0.25) is 4.79 Å². The lowest BCUT2D eigenvalue weighted by Crippen LogP contribution is -2.49. The van der Waals surface area contributed by atoms with E-state index in [0.717, 1.165) is 24.0 Å². The Labute approximate surface area is 238 Å². The normalized spacial score (nSPS) is 21.9. The Morgan fingerprint density at radius 2 is 1.90 bits per heavy atom. The molecule has 0 spiro atoms. The second kappa shape index (κ2) is 13.4. The minimum atomic E-state index is -0.700. The second-order valence-electron chi connectivity index (χ2n) is 11.5. The Morgan fingerprint density at radius 3 is 2.55 bits per heavy atom. The van der Waals surface area contributed by atoms with Gasteiger partial charge in [-0.05, 0) is 55.4 Å². The predicted octanol–water partition coefficient (Wildman–Crippen LogP) is 5.28. The van der Waals surface area contributed by atoms with Crippen LogP contribution in [0.2, 0.25) is 0 Å². The van der Waals surface area contributed by atoms with Crippen LogP contribution in [0.5, 0.6) is 11.5 Å². The van der Waals surface area contributed by atoms with E-state index in [1.54, 1.807) is 18.9 Å². The van der Waals surface area contributed by atoms with Crippen LogP contribution in [0, 0.1) is 11.3 Å². The maximum absolute atomic E-state index is 13.8. The number of carbonyl (C=O) groups excluding carboxylic acids is 2. The zero-order chi connectivity index (χ0) is 28.7. The van der Waals surface area contributed by atoms with Gasteiger partial charge in [-0.25, -0.2) is 4.79 Å². The Morgan fingerprint density at radius 1 is 1.15 bits per heavy atom. The number of aliphatic hydroxyl groups is 1. The van der Waals surface area contributed by atoms with Crippen molar-refractivity contribution < 1.29 is 28.9 Å². The van der Waals surface area contributed by atoms with Crippen LogP contribution in [-0.4, -0.2) is 61.0 Å². The molecule has 4 atom stereocenters. The number of unbranched alkanes of at least 4 members (excludes halogenated alkanes) is 1. The maximum atomic E-state index is 13.8. The predicted molar refractivity (Wildman–Crippen MR) is 153 cm³/mol. The van der Waals surface area contributed by atoms with Gasteiger partial charge in [-0.15, -0.1) is 0 Å². The average molecular weight is 553 g/mol. The minimum Gasteiger partial charge on any atom is -0.493 e. The number of hydrogen-bond donors (Lipinski definition) is 2. The summed E-state index contributed by atoms with van der Waals surface area (Å²) in [6.07, 6.45) is 3.31. The first-order valence-electron chi connectivity index (χ1n) is 14.5. The van der Waals surface area contributed by atoms with E-state index >= 15 is 0 Å². The summed E-state index contributed by atoms with van der Waals surface area (Å²) in [5.74, 6) is 1.68. The quantitative estimate of drug-likeness (QED) is 0.351. The molecule has 1 saturated heterocycles. The van der Waals surface area contributed by atoms with E-state index in [0.29, 0.717) is 43.5 Å². The molecular weight excluding hydrogens is 508 g/mol. The molecule has 40 heavy (non-hydrogen) atoms. The number of nitrogens with zero attached hydrogens (tertiary/aromatic N) is 1. The Kier molecular flexibility index (Phi) is 9.95. The summed E-state index contributed by atoms with van der Waals surface area (Å²) in [4.78, 5) is 28.3. The molecule has 8 heteroatoms. The van der Waals surface area contributed by atoms with Crippen LogP contribution < -0.4 is 14.8 Å². The molecule has 218 valence electrons. The van der Waals surface area contributed by atoms with Gasteiger partial charge in [0.05, 0.1) is 19.8 Å². The Bertz CT molecular complexity index is 1140. The summed E-state index contributed by atoms with van der Waals surface area (Å²) in [6.45, 7) is 7.46. The van der Waals surface area contributed by atoms with Gasteiger partial charge in [-0.2, -0.15) is 0 Å². The molecule has 2 N–H and O–H groups in total. The summed E-state index contributed by atoms with van der Waals surface area (Å²) in [6, 6.07) is 14.6. The monoisotopic (exact) mass is 552 g/mol. The maximum Gasteiger partial charge on any atom is 0.408 e. The van der Waals surface area contributed by atoms with E-state index in [1.807, 2.05) is 55.5 Å². The number of rotatable bonds is 13. The van der Waals surface area contributed by atoms with E-state index in [2.05, 4.69) is 12.2 Å². The molecule has 4 rings (SSSR count). The van der Waals surface area contributed by atoms with Crippen LogP contribution >= 0.6 is 0 Å². The lowest BCUT2D eigenvalue weighted by molar-refractivity contribution is -0.133. The van der Waals surface area contributed by atoms with Gasteiger partial charge in [0, 0.05) is 24.4 Å². The van der Waals surface area contributed by atoms with Crippen LogP contribution in [0.25, 0.3) is 0 Å². The number of benzene rings is 2. The van der Waals surface area contributed by atoms with E-state index in [1.165, 1.54) is 12.8 Å². The molecule has 0 bridgehead atoms. The van der Waals surface area contributed by atoms with Gasteiger partial charge < -0.3 is 29.5 Å². The molecule has 2 amide bonds. The van der Waals surface area contributed by atoms with Crippen molar-refractivity contribution in [3.05, 3.63) is 59.7 Å². The molecule has 2 aliphatic rings. The number of methoxy groups -OCH3 is 1. The molecule has 1 saturated carbocycles. The van der Waals surface area contributed by atoms with Crippen molar-refractivity contribution in [1.82, 2.24) is 10.2 Å². The number of carbonyl (C=O) groups is 2. The average Bonchev–Trinajstić information content (AvgIpc) is 3.72. The van der Waals surface area contributed by atoms with Gasteiger partial charge in [-0.1, -0.05) is 63.1 Å². The summed E-state index contributed by atoms with van der Waals surface area (Å²) in [5, 5.41) is 13.7. The number of aliphatic hydroxyl groups excluding tert-OH is 1. The molecule has 2 aromatic rings. The molecule has 0 aromatic heterocycles. The molecule has 1 aliphatic heterocycles. The smallest absolute Gasteiger partial charge is 0.408 e. The zero-order valence-corrected chi connectivity index (χ0v) is 24.2. The minimum absolute atomic E-state index is 0.123. The Balaban J connectivity index is 1.49. The molecule has 0 unspecified atom stereocenters. The van der Waals surface area contributed by atoms with Crippen molar-refractivity contribution in [3.63, 3.8) is 0 Å². The zero-order valence-electron chi connectivity index (χ0n) is 24.2. The number of nitrogens with one attached hydrogen (secondary N) is 1. The van der Waals surface area contributed by atoms with Crippen LogP contribution in [0.3, 0.4) is 0 Å². The van der Waals surface area contributed by atoms with Crippen molar-refractivity contribution in [1.29, 1.82) is 0 Å². The van der Waals surface area contributed by atoms with Crippen LogP contribution in [0.15, 0.2) is 48.5 Å². The van der Waals surface area contributed by atoms with E-state index in [9.17, 15) is 14.7 Å². The van der Waals surface area contributed by atoms with Crippen molar-refractivity contribution >= 4 is 12.0 Å². The highest BCUT2D eigenvalue weighted by Crippen LogP contribution is 2.47. The van der Waals surface area contributed by atoms with Crippen LogP contribution in [-0.2, 0) is 16.1 Å². The number of amides is 2. The van der Waals surface area contributed by atoms with Gasteiger partial charge in [0.15, 0.2) is 11.5 Å². The third kappa shape index (κ3) is 7.27. The first-order chi connectivity index (χ1) is 19.2. The fourth-order valence-electron chi connectivity index (χ4n) is 5.40. The largest absolute Gasteiger partial charge is 0.493 e. The summed E-state index contributed by atoms with van der Waals surface area (Å²) in [5.41, 5.74) is 1.29. The highest BCUT2D eigenvalue weighted by Gasteiger charge is 2.49. The summed E-state index contributed by atoms with van der Waals surface area (Å²) < 4.78 is 17.1. The summed E-state index contributed by atoms with van der Waals surface area (Å²) in [7, 11) is 1.63. The highest BCUT2D eigenvalue weighted by molar-refractivity contribution is 5.86. The number of likely N-dealkylation sites (tertiary alicyclic amines) is 1. The van der Waals surface area contributed by atoms with Crippen molar-refractivity contribution in [2.45, 2.75) is 77.5 Å². The highest BCUT2D eigenvalue weighted by atomic mass is 16.5. The standard InChI is InChI=1S/C32H44N2O6/c1-5-6-12-27(33-31(37)40-20-23-10-8-7-9-11-23)30(36)34-18-26(32(3,21-34)22(2)35)25-15-16-28(38-4)29(17-25)39-19-24-13-14-24/h7-11,15-17,22,24,26-27,35H,5-6,12-14,18-21H2,1-4H3,(H,33,37)/t22-,26+,27-,32-/m1/s1. The van der Waals surface area contributed by atoms with Gasteiger partial charge in [0.2, 0.25) is 5.91 Å². The SMILES string of the molecule is CCCC[C@@H](NC(=O)OCc1ccccc1)C(=O)N1C[C@@H](c2ccc(OC)c(OCC3CC3)c2)[C@@](C)([C@@H](C)O)C1. The Hall–Kier alpha value is -3.26. The third-order valence-corrected chi connectivity index (χ3v) is 8.41. The topological polar surface area (TPSA) is 97.3 Å². The van der Waals surface area contributed by atoms with Crippen molar-refractivity contribution in [2.24, 2.45) is 11.3 Å². The lowest BCUT2D eigenvalue weighted by Gasteiger charge is -2.34. The van der Waals surface area contributed by atoms with Crippen LogP contribution in [0.1, 0.15) is 69.9 Å². The molecular formula is C32H44N2O6. The molecule has 8 nitrogen and oxygen atoms in total. The van der Waals surface area contributed by atoms with Crippen molar-refractivity contribution in [3.8, 4) is 11.5 Å². The number of ether oxygens (including phenoxy) is 3. The fourth-order valence-corrected chi connectivity index (χ4v) is 5.40. The van der Waals surface area contributed by atoms with Crippen LogP contribution in [0.4, 0.5) is 4.79 Å². The second-order valence-corrected chi connectivity index (χ2v) is 11.5. The third-order valence-electron chi connectivity index (χ3n) is 8.41. The van der Waals surface area contributed by atoms with E-state index in [-0.39, 0.29) is 18.4 Å². The number of alkyl carbamates (subject to hydrolysis) is 1. The molecule has 0 radical (unpaired) electrons. The first kappa shape index (κ1) is 29.7. The van der Waals surface area contributed by atoms with E-state index in [4.69, 9.17) is 14.2 Å². The van der Waals surface area contributed by atoms with Gasteiger partial charge in [0.25, 0.3) is 0 Å². The molecule has 1 heterocycles.